The summed E-state index contributed by atoms with van der Waals surface area (Å²) in [4.78, 5) is 9.11. The zero-order valence-corrected chi connectivity index (χ0v) is 18.1. The van der Waals surface area contributed by atoms with Gasteiger partial charge in [0.2, 0.25) is 0 Å². The molecule has 1 heterocycles. The summed E-state index contributed by atoms with van der Waals surface area (Å²) < 4.78 is 11.0. The van der Waals surface area contributed by atoms with Gasteiger partial charge in [-0.2, -0.15) is 0 Å². The molecule has 0 atom stereocenters. The first-order chi connectivity index (χ1) is 13.6. The highest BCUT2D eigenvalue weighted by atomic mass is 32.1. The molecular formula is C21H32N4O2S. The van der Waals surface area contributed by atoms with Gasteiger partial charge in [-0.3, -0.25) is 4.99 Å². The highest BCUT2D eigenvalue weighted by molar-refractivity contribution is 7.11. The number of guanidine groups is 1. The quantitative estimate of drug-likeness (QED) is 0.446. The molecule has 28 heavy (non-hydrogen) atoms. The Labute approximate surface area is 172 Å². The molecule has 2 aromatic rings. The van der Waals surface area contributed by atoms with Crippen LogP contribution >= 0.6 is 11.3 Å². The van der Waals surface area contributed by atoms with Gasteiger partial charge in [0.25, 0.3) is 0 Å². The van der Waals surface area contributed by atoms with Crippen molar-refractivity contribution in [1.29, 1.82) is 0 Å². The standard InChI is InChI=1S/C21H32N4O2S/c1-17-8-9-20(28-17)16-24-21(22-2)23-15-18-6-5-7-19(14-18)27-13-11-25(3)10-12-26-4/h5-9,14H,10-13,15-16H2,1-4H3,(H2,22,23,24). The van der Waals surface area contributed by atoms with Gasteiger partial charge in [0.1, 0.15) is 12.4 Å². The second kappa shape index (κ2) is 12.4. The lowest BCUT2D eigenvalue weighted by atomic mass is 10.2. The Morgan fingerprint density at radius 2 is 1.89 bits per heavy atom. The number of benzene rings is 1. The lowest BCUT2D eigenvalue weighted by molar-refractivity contribution is 0.150. The third-order valence-corrected chi connectivity index (χ3v) is 5.23. The van der Waals surface area contributed by atoms with E-state index in [-0.39, 0.29) is 0 Å². The van der Waals surface area contributed by atoms with Gasteiger partial charge in [-0.05, 0) is 43.8 Å². The van der Waals surface area contributed by atoms with Crippen molar-refractivity contribution in [2.24, 2.45) is 4.99 Å². The van der Waals surface area contributed by atoms with Crippen molar-refractivity contribution < 1.29 is 9.47 Å². The fourth-order valence-electron chi connectivity index (χ4n) is 2.58. The van der Waals surface area contributed by atoms with Crippen LogP contribution in [0.4, 0.5) is 0 Å². The minimum atomic E-state index is 0.653. The van der Waals surface area contributed by atoms with E-state index in [1.807, 2.05) is 12.1 Å². The molecule has 0 aliphatic heterocycles. The second-order valence-corrected chi connectivity index (χ2v) is 7.96. The molecule has 154 valence electrons. The fourth-order valence-corrected chi connectivity index (χ4v) is 3.41. The summed E-state index contributed by atoms with van der Waals surface area (Å²) in [5, 5.41) is 6.70. The van der Waals surface area contributed by atoms with Gasteiger partial charge < -0.3 is 25.0 Å². The summed E-state index contributed by atoms with van der Waals surface area (Å²) >= 11 is 1.80. The van der Waals surface area contributed by atoms with Gasteiger partial charge in [-0.1, -0.05) is 12.1 Å². The number of nitrogens with zero attached hydrogens (tertiary/aromatic N) is 2. The SMILES string of the molecule is CN=C(NCc1cccc(OCCN(C)CCOC)c1)NCc1ccc(C)s1. The number of likely N-dealkylation sites (N-methyl/N-ethyl adjacent to an activating group) is 1. The van der Waals surface area contributed by atoms with E-state index in [1.165, 1.54) is 9.75 Å². The van der Waals surface area contributed by atoms with Crippen LogP contribution in [-0.2, 0) is 17.8 Å². The van der Waals surface area contributed by atoms with Crippen LogP contribution in [0.2, 0.25) is 0 Å². The third kappa shape index (κ3) is 8.29. The van der Waals surface area contributed by atoms with Gasteiger partial charge in [-0.25, -0.2) is 0 Å². The predicted octanol–water partition coefficient (Wildman–Crippen LogP) is 2.88. The van der Waals surface area contributed by atoms with Gasteiger partial charge in [0.05, 0.1) is 13.2 Å². The molecule has 7 heteroatoms. The van der Waals surface area contributed by atoms with Crippen LogP contribution in [0, 0.1) is 6.92 Å². The normalized spacial score (nSPS) is 11.7. The number of thiophene rings is 1. The van der Waals surface area contributed by atoms with Crippen LogP contribution in [0.15, 0.2) is 41.4 Å². The van der Waals surface area contributed by atoms with Crippen molar-refractivity contribution in [2.45, 2.75) is 20.0 Å². The van der Waals surface area contributed by atoms with Crippen LogP contribution < -0.4 is 15.4 Å². The molecule has 0 saturated carbocycles. The molecule has 2 N–H and O–H groups in total. The highest BCUT2D eigenvalue weighted by Gasteiger charge is 2.03. The van der Waals surface area contributed by atoms with E-state index in [1.54, 1.807) is 25.5 Å². The van der Waals surface area contributed by atoms with Crippen molar-refractivity contribution in [3.05, 3.63) is 51.7 Å². The Morgan fingerprint density at radius 3 is 2.61 bits per heavy atom. The minimum Gasteiger partial charge on any atom is -0.492 e. The molecule has 0 aliphatic carbocycles. The Balaban J connectivity index is 1.74. The van der Waals surface area contributed by atoms with E-state index >= 15 is 0 Å². The summed E-state index contributed by atoms with van der Waals surface area (Å²) in [6.45, 7) is 6.74. The first-order valence-electron chi connectivity index (χ1n) is 9.49. The molecule has 6 nitrogen and oxygen atoms in total. The molecule has 0 bridgehead atoms. The number of hydrogen-bond donors (Lipinski definition) is 2. The highest BCUT2D eigenvalue weighted by Crippen LogP contribution is 2.15. The van der Waals surface area contributed by atoms with Crippen LogP contribution in [0.3, 0.4) is 0 Å². The first-order valence-corrected chi connectivity index (χ1v) is 10.3. The Bertz CT molecular complexity index is 733. The summed E-state index contributed by atoms with van der Waals surface area (Å²) in [6.07, 6.45) is 0. The molecule has 0 aliphatic rings. The van der Waals surface area contributed by atoms with E-state index in [4.69, 9.17) is 9.47 Å². The Morgan fingerprint density at radius 1 is 1.11 bits per heavy atom. The summed E-state index contributed by atoms with van der Waals surface area (Å²) in [5.41, 5.74) is 1.15. The van der Waals surface area contributed by atoms with Gasteiger partial charge in [0.15, 0.2) is 5.96 Å². The maximum absolute atomic E-state index is 5.88. The number of rotatable bonds is 11. The average Bonchev–Trinajstić information content (AvgIpc) is 3.12. The Hall–Kier alpha value is -2.09. The van der Waals surface area contributed by atoms with Crippen molar-refractivity contribution in [1.82, 2.24) is 15.5 Å². The van der Waals surface area contributed by atoms with E-state index in [2.05, 4.69) is 58.8 Å². The van der Waals surface area contributed by atoms with Crippen LogP contribution in [0.1, 0.15) is 15.3 Å². The molecular weight excluding hydrogens is 372 g/mol. The average molecular weight is 405 g/mol. The lowest BCUT2D eigenvalue weighted by Gasteiger charge is -2.16. The summed E-state index contributed by atoms with van der Waals surface area (Å²) in [5.74, 6) is 1.67. The second-order valence-electron chi connectivity index (χ2n) is 6.58. The first kappa shape index (κ1) is 22.2. The van der Waals surface area contributed by atoms with Crippen molar-refractivity contribution in [2.75, 3.05) is 47.5 Å². The molecule has 0 spiro atoms. The summed E-state index contributed by atoms with van der Waals surface area (Å²) in [7, 11) is 5.57. The van der Waals surface area contributed by atoms with Gasteiger partial charge in [-0.15, -0.1) is 11.3 Å². The van der Waals surface area contributed by atoms with Crippen molar-refractivity contribution in [3.8, 4) is 5.75 Å². The predicted molar refractivity (Wildman–Crippen MR) is 117 cm³/mol. The number of methoxy groups -OCH3 is 1. The topological polar surface area (TPSA) is 58.1 Å². The minimum absolute atomic E-state index is 0.653. The monoisotopic (exact) mass is 404 g/mol. The molecule has 0 unspecified atom stereocenters. The summed E-state index contributed by atoms with van der Waals surface area (Å²) in [6, 6.07) is 12.4. The number of ether oxygens (including phenoxy) is 2. The number of aryl methyl sites for hydroxylation is 1. The van der Waals surface area contributed by atoms with E-state index in [0.29, 0.717) is 13.2 Å². The van der Waals surface area contributed by atoms with Gasteiger partial charge >= 0.3 is 0 Å². The molecule has 0 amide bonds. The van der Waals surface area contributed by atoms with E-state index in [9.17, 15) is 0 Å². The smallest absolute Gasteiger partial charge is 0.191 e. The zero-order valence-electron chi connectivity index (χ0n) is 17.3. The Kier molecular flexibility index (Phi) is 9.82. The molecule has 1 aromatic carbocycles. The van der Waals surface area contributed by atoms with Crippen LogP contribution in [0.5, 0.6) is 5.75 Å². The van der Waals surface area contributed by atoms with Crippen LogP contribution in [0.25, 0.3) is 0 Å². The zero-order chi connectivity index (χ0) is 20.2. The molecule has 0 radical (unpaired) electrons. The van der Waals surface area contributed by atoms with Gasteiger partial charge in [0, 0.05) is 43.5 Å². The maximum atomic E-state index is 5.88. The molecule has 0 saturated heterocycles. The number of hydrogen-bond acceptors (Lipinski definition) is 5. The number of nitrogens with one attached hydrogen (secondary N) is 2. The van der Waals surface area contributed by atoms with Crippen molar-refractivity contribution >= 4 is 17.3 Å². The molecule has 2 rings (SSSR count). The van der Waals surface area contributed by atoms with Crippen molar-refractivity contribution in [3.63, 3.8) is 0 Å². The fraction of sp³-hybridized carbons (Fsp3) is 0.476. The van der Waals surface area contributed by atoms with Crippen LogP contribution in [-0.4, -0.2) is 58.4 Å². The van der Waals surface area contributed by atoms with E-state index in [0.717, 1.165) is 43.5 Å². The maximum Gasteiger partial charge on any atom is 0.191 e. The van der Waals surface area contributed by atoms with E-state index < -0.39 is 0 Å². The molecule has 1 aromatic heterocycles. The lowest BCUT2D eigenvalue weighted by Crippen LogP contribution is -2.36. The largest absolute Gasteiger partial charge is 0.492 e. The third-order valence-electron chi connectivity index (χ3n) is 4.23. The number of aliphatic imine (C=N–C) groups is 1. The molecule has 0 fully saturated rings.